The minimum Gasteiger partial charge on any atom is -0.465 e. The lowest BCUT2D eigenvalue weighted by Crippen LogP contribution is -2.34. The summed E-state index contributed by atoms with van der Waals surface area (Å²) in [5, 5.41) is 9.82. The number of aryl methyl sites for hydroxylation is 1. The Labute approximate surface area is 89.2 Å². The lowest BCUT2D eigenvalue weighted by Gasteiger charge is -2.11. The fourth-order valence-electron chi connectivity index (χ4n) is 1.17. The van der Waals surface area contributed by atoms with E-state index in [1.165, 1.54) is 0 Å². The molecule has 0 saturated heterocycles. The maximum atomic E-state index is 11.3. The van der Waals surface area contributed by atoms with Crippen LogP contribution in [0.4, 0.5) is 0 Å². The fraction of sp³-hybridized carbons (Fsp3) is 0.600. The first-order valence-corrected chi connectivity index (χ1v) is 5.04. The van der Waals surface area contributed by atoms with Crippen LogP contribution in [0.5, 0.6) is 0 Å². The molecule has 0 aliphatic carbocycles. The largest absolute Gasteiger partial charge is 0.465 e. The van der Waals surface area contributed by atoms with E-state index in [1.807, 2.05) is 6.92 Å². The summed E-state index contributed by atoms with van der Waals surface area (Å²) in [5.74, 6) is -0.223. The van der Waals surface area contributed by atoms with E-state index >= 15 is 0 Å². The van der Waals surface area contributed by atoms with Gasteiger partial charge in [0.15, 0.2) is 0 Å². The van der Waals surface area contributed by atoms with Crippen LogP contribution in [0.15, 0.2) is 6.20 Å². The first kappa shape index (κ1) is 11.7. The van der Waals surface area contributed by atoms with Gasteiger partial charge < -0.3 is 10.1 Å². The number of rotatable bonds is 5. The highest BCUT2D eigenvalue weighted by molar-refractivity contribution is 5.75. The molecule has 0 bridgehead atoms. The highest BCUT2D eigenvalue weighted by Gasteiger charge is 2.13. The number of hydrogen-bond donors (Lipinski definition) is 2. The highest BCUT2D eigenvalue weighted by Crippen LogP contribution is 2.02. The van der Waals surface area contributed by atoms with Crippen LogP contribution >= 0.6 is 0 Å². The number of carbonyl (C=O) groups excluding carboxylic acids is 1. The third-order valence-electron chi connectivity index (χ3n) is 2.17. The summed E-state index contributed by atoms with van der Waals surface area (Å²) < 4.78 is 4.88. The minimum atomic E-state index is -0.292. The molecule has 0 aliphatic heterocycles. The fourth-order valence-corrected chi connectivity index (χ4v) is 1.17. The smallest absolute Gasteiger partial charge is 0.322 e. The summed E-state index contributed by atoms with van der Waals surface area (Å²) in [6.07, 6.45) is 1.75. The van der Waals surface area contributed by atoms with Gasteiger partial charge in [-0.25, -0.2) is 0 Å². The van der Waals surface area contributed by atoms with Gasteiger partial charge in [0.1, 0.15) is 6.04 Å². The topological polar surface area (TPSA) is 67.0 Å². The second-order valence-corrected chi connectivity index (χ2v) is 3.37. The van der Waals surface area contributed by atoms with Gasteiger partial charge in [-0.2, -0.15) is 5.10 Å². The molecule has 15 heavy (non-hydrogen) atoms. The predicted octanol–water partition coefficient (Wildman–Crippen LogP) is 0.759. The number of carbonyl (C=O) groups is 1. The van der Waals surface area contributed by atoms with Crippen LogP contribution in [0.25, 0.3) is 0 Å². The molecule has 0 amide bonds. The monoisotopic (exact) mass is 211 g/mol. The van der Waals surface area contributed by atoms with Crippen LogP contribution in [0.3, 0.4) is 0 Å². The molecule has 1 atom stereocenters. The molecule has 1 unspecified atom stereocenters. The first-order chi connectivity index (χ1) is 7.15. The van der Waals surface area contributed by atoms with Crippen LogP contribution in [-0.2, 0) is 16.1 Å². The maximum Gasteiger partial charge on any atom is 0.322 e. The van der Waals surface area contributed by atoms with E-state index in [2.05, 4.69) is 15.5 Å². The van der Waals surface area contributed by atoms with Crippen molar-refractivity contribution < 1.29 is 9.53 Å². The number of nitrogens with one attached hydrogen (secondary N) is 2. The van der Waals surface area contributed by atoms with Gasteiger partial charge in [0.2, 0.25) is 0 Å². The zero-order valence-electron chi connectivity index (χ0n) is 9.33. The van der Waals surface area contributed by atoms with Gasteiger partial charge in [-0.1, -0.05) is 0 Å². The number of aromatic nitrogens is 2. The summed E-state index contributed by atoms with van der Waals surface area (Å²) in [5.41, 5.74) is 2.07. The van der Waals surface area contributed by atoms with Crippen molar-refractivity contribution in [3.63, 3.8) is 0 Å². The lowest BCUT2D eigenvalue weighted by molar-refractivity contribution is -0.145. The van der Waals surface area contributed by atoms with Crippen LogP contribution in [0.1, 0.15) is 25.1 Å². The number of H-pyrrole nitrogens is 1. The second kappa shape index (κ2) is 5.50. The van der Waals surface area contributed by atoms with E-state index in [4.69, 9.17) is 4.74 Å². The van der Waals surface area contributed by atoms with Crippen molar-refractivity contribution in [2.75, 3.05) is 6.61 Å². The molecule has 1 rings (SSSR count). The van der Waals surface area contributed by atoms with E-state index in [9.17, 15) is 4.79 Å². The molecule has 1 aromatic heterocycles. The predicted molar refractivity (Wildman–Crippen MR) is 56.3 cm³/mol. The summed E-state index contributed by atoms with van der Waals surface area (Å²) >= 11 is 0. The van der Waals surface area contributed by atoms with E-state index < -0.39 is 0 Å². The third kappa shape index (κ3) is 3.36. The number of aromatic amines is 1. The molecule has 2 N–H and O–H groups in total. The average Bonchev–Trinajstić information content (AvgIpc) is 2.61. The molecule has 0 aliphatic rings. The van der Waals surface area contributed by atoms with Crippen molar-refractivity contribution in [2.45, 2.75) is 33.4 Å². The van der Waals surface area contributed by atoms with E-state index in [0.29, 0.717) is 13.2 Å². The van der Waals surface area contributed by atoms with Gasteiger partial charge in [0, 0.05) is 17.8 Å². The van der Waals surface area contributed by atoms with Gasteiger partial charge in [0.25, 0.3) is 0 Å². The Morgan fingerprint density at radius 3 is 3.00 bits per heavy atom. The van der Waals surface area contributed by atoms with E-state index in [-0.39, 0.29) is 12.0 Å². The highest BCUT2D eigenvalue weighted by atomic mass is 16.5. The van der Waals surface area contributed by atoms with Crippen molar-refractivity contribution in [3.8, 4) is 0 Å². The Morgan fingerprint density at radius 2 is 2.47 bits per heavy atom. The van der Waals surface area contributed by atoms with Crippen molar-refractivity contribution in [3.05, 3.63) is 17.5 Å². The number of hydrogen-bond acceptors (Lipinski definition) is 4. The van der Waals surface area contributed by atoms with Gasteiger partial charge in [0.05, 0.1) is 12.8 Å². The maximum absolute atomic E-state index is 11.3. The van der Waals surface area contributed by atoms with Gasteiger partial charge in [-0.05, 0) is 20.8 Å². The standard InChI is InChI=1S/C10H17N3O2/c1-4-15-10(14)8(3)11-5-9-6-12-13-7(9)2/h6,8,11H,4-5H2,1-3H3,(H,12,13). The van der Waals surface area contributed by atoms with Crippen LogP contribution < -0.4 is 5.32 Å². The Morgan fingerprint density at radius 1 is 1.73 bits per heavy atom. The summed E-state index contributed by atoms with van der Waals surface area (Å²) in [7, 11) is 0. The zero-order valence-corrected chi connectivity index (χ0v) is 9.33. The van der Waals surface area contributed by atoms with Crippen molar-refractivity contribution in [1.82, 2.24) is 15.5 Å². The summed E-state index contributed by atoms with van der Waals surface area (Å²) in [4.78, 5) is 11.3. The molecule has 5 heteroatoms. The first-order valence-electron chi connectivity index (χ1n) is 5.04. The number of ether oxygens (including phenoxy) is 1. The zero-order chi connectivity index (χ0) is 11.3. The number of nitrogens with zero attached hydrogens (tertiary/aromatic N) is 1. The Hall–Kier alpha value is -1.36. The third-order valence-corrected chi connectivity index (χ3v) is 2.17. The van der Waals surface area contributed by atoms with Crippen molar-refractivity contribution in [1.29, 1.82) is 0 Å². The molecule has 1 heterocycles. The summed E-state index contributed by atoms with van der Waals surface area (Å²) in [6.45, 7) is 6.55. The van der Waals surface area contributed by atoms with Crippen LogP contribution in [-0.4, -0.2) is 28.8 Å². The van der Waals surface area contributed by atoms with Gasteiger partial charge >= 0.3 is 5.97 Å². The molecule has 84 valence electrons. The molecule has 0 spiro atoms. The molecular formula is C10H17N3O2. The van der Waals surface area contributed by atoms with Crippen molar-refractivity contribution in [2.24, 2.45) is 0 Å². The molecule has 1 aromatic rings. The second-order valence-electron chi connectivity index (χ2n) is 3.37. The van der Waals surface area contributed by atoms with E-state index in [1.54, 1.807) is 20.0 Å². The Kier molecular flexibility index (Phi) is 4.30. The Bertz CT molecular complexity index is 322. The lowest BCUT2D eigenvalue weighted by atomic mass is 10.2. The molecule has 5 nitrogen and oxygen atoms in total. The average molecular weight is 211 g/mol. The normalized spacial score (nSPS) is 12.5. The van der Waals surface area contributed by atoms with Crippen molar-refractivity contribution >= 4 is 5.97 Å². The van der Waals surface area contributed by atoms with Crippen LogP contribution in [0.2, 0.25) is 0 Å². The van der Waals surface area contributed by atoms with Gasteiger partial charge in [-0.15, -0.1) is 0 Å². The molecule has 0 aromatic carbocycles. The molecule has 0 radical (unpaired) electrons. The summed E-state index contributed by atoms with van der Waals surface area (Å²) in [6, 6.07) is -0.292. The molecular weight excluding hydrogens is 194 g/mol. The van der Waals surface area contributed by atoms with E-state index in [0.717, 1.165) is 11.3 Å². The SMILES string of the molecule is CCOC(=O)C(C)NCc1cn[nH]c1C. The molecule has 0 saturated carbocycles. The molecule has 0 fully saturated rings. The Balaban J connectivity index is 2.37. The minimum absolute atomic E-state index is 0.223. The van der Waals surface area contributed by atoms with Gasteiger partial charge in [-0.3, -0.25) is 9.89 Å². The van der Waals surface area contributed by atoms with Crippen LogP contribution in [0, 0.1) is 6.92 Å². The number of esters is 1. The quantitative estimate of drug-likeness (QED) is 0.706.